The minimum Gasteiger partial charge on any atom is -0.455 e. The molecule has 58 valence electrons. The standard InChI is InChI=1S/C7H6O4/c8-2-5-1-6(3-9)11-7(5)4-10/h1-2,4,9H,3H2. The number of hydrogen-bond donors (Lipinski definition) is 1. The van der Waals surface area contributed by atoms with Gasteiger partial charge in [-0.05, 0) is 6.07 Å². The first kappa shape index (κ1) is 7.68. The van der Waals surface area contributed by atoms with Gasteiger partial charge in [0.25, 0.3) is 0 Å². The Morgan fingerprint density at radius 3 is 2.55 bits per heavy atom. The van der Waals surface area contributed by atoms with Crippen LogP contribution in [0.15, 0.2) is 10.5 Å². The second kappa shape index (κ2) is 3.12. The minimum absolute atomic E-state index is 0.0379. The zero-order valence-corrected chi connectivity index (χ0v) is 5.61. The number of carbonyl (C=O) groups excluding carboxylic acids is 2. The average molecular weight is 154 g/mol. The summed E-state index contributed by atoms with van der Waals surface area (Å²) in [5, 5.41) is 8.54. The van der Waals surface area contributed by atoms with Gasteiger partial charge in [0.2, 0.25) is 0 Å². The van der Waals surface area contributed by atoms with Crippen molar-refractivity contribution in [1.82, 2.24) is 0 Å². The van der Waals surface area contributed by atoms with Gasteiger partial charge in [0.15, 0.2) is 18.3 Å². The highest BCUT2D eigenvalue weighted by atomic mass is 16.4. The Balaban J connectivity index is 3.11. The van der Waals surface area contributed by atoms with Crippen molar-refractivity contribution in [1.29, 1.82) is 0 Å². The normalized spacial score (nSPS) is 9.55. The van der Waals surface area contributed by atoms with Crippen molar-refractivity contribution < 1.29 is 19.1 Å². The number of furan rings is 1. The van der Waals surface area contributed by atoms with Crippen LogP contribution in [0.3, 0.4) is 0 Å². The Kier molecular flexibility index (Phi) is 2.18. The Morgan fingerprint density at radius 2 is 2.18 bits per heavy atom. The highest BCUT2D eigenvalue weighted by molar-refractivity contribution is 5.87. The quantitative estimate of drug-likeness (QED) is 0.639. The lowest BCUT2D eigenvalue weighted by Crippen LogP contribution is -1.81. The number of carbonyl (C=O) groups is 2. The zero-order chi connectivity index (χ0) is 8.27. The van der Waals surface area contributed by atoms with Crippen LogP contribution in [0.25, 0.3) is 0 Å². The van der Waals surface area contributed by atoms with Crippen molar-refractivity contribution in [2.45, 2.75) is 6.61 Å². The smallest absolute Gasteiger partial charge is 0.186 e. The van der Waals surface area contributed by atoms with E-state index < -0.39 is 0 Å². The lowest BCUT2D eigenvalue weighted by molar-refractivity contribution is 0.107. The first-order valence-electron chi connectivity index (χ1n) is 2.95. The molecule has 0 atom stereocenters. The van der Waals surface area contributed by atoms with E-state index in [-0.39, 0.29) is 23.7 Å². The molecule has 0 unspecified atom stereocenters. The predicted octanol–water partition coefficient (Wildman–Crippen LogP) is 0.397. The highest BCUT2D eigenvalue weighted by Gasteiger charge is 2.07. The molecule has 11 heavy (non-hydrogen) atoms. The summed E-state index contributed by atoms with van der Waals surface area (Å²) >= 11 is 0. The fourth-order valence-electron chi connectivity index (χ4n) is 0.736. The molecule has 0 bridgehead atoms. The molecule has 1 rings (SSSR count). The Labute approximate surface area is 62.4 Å². The summed E-state index contributed by atoms with van der Waals surface area (Å²) in [7, 11) is 0. The van der Waals surface area contributed by atoms with E-state index in [0.29, 0.717) is 12.6 Å². The number of hydrogen-bond acceptors (Lipinski definition) is 4. The van der Waals surface area contributed by atoms with E-state index in [1.165, 1.54) is 6.07 Å². The third-order valence-electron chi connectivity index (χ3n) is 1.23. The van der Waals surface area contributed by atoms with E-state index >= 15 is 0 Å². The van der Waals surface area contributed by atoms with E-state index in [0.717, 1.165) is 0 Å². The summed E-state index contributed by atoms with van der Waals surface area (Å²) in [6.07, 6.45) is 0.940. The van der Waals surface area contributed by atoms with Gasteiger partial charge in [-0.3, -0.25) is 9.59 Å². The lowest BCUT2D eigenvalue weighted by atomic mass is 10.3. The first-order valence-corrected chi connectivity index (χ1v) is 2.95. The molecule has 4 nitrogen and oxygen atoms in total. The Hall–Kier alpha value is -1.42. The molecule has 0 amide bonds. The van der Waals surface area contributed by atoms with Crippen molar-refractivity contribution in [3.63, 3.8) is 0 Å². The zero-order valence-electron chi connectivity index (χ0n) is 5.61. The van der Waals surface area contributed by atoms with Gasteiger partial charge in [0.05, 0.1) is 5.56 Å². The van der Waals surface area contributed by atoms with Gasteiger partial charge in [0, 0.05) is 0 Å². The van der Waals surface area contributed by atoms with Gasteiger partial charge in [-0.15, -0.1) is 0 Å². The van der Waals surface area contributed by atoms with Crippen molar-refractivity contribution in [2.24, 2.45) is 0 Å². The lowest BCUT2D eigenvalue weighted by Gasteiger charge is -1.82. The van der Waals surface area contributed by atoms with Gasteiger partial charge in [-0.25, -0.2) is 0 Å². The molecule has 0 fully saturated rings. The Bertz CT molecular complexity index is 248. The van der Waals surface area contributed by atoms with Crippen molar-refractivity contribution in [2.75, 3.05) is 0 Å². The van der Waals surface area contributed by atoms with Crippen molar-refractivity contribution >= 4 is 12.6 Å². The SMILES string of the molecule is O=Cc1cc(CO)oc1C=O. The van der Waals surface area contributed by atoms with Crippen LogP contribution in [0, 0.1) is 0 Å². The number of rotatable bonds is 3. The van der Waals surface area contributed by atoms with E-state index in [1.807, 2.05) is 0 Å². The van der Waals surface area contributed by atoms with Crippen molar-refractivity contribution in [3.05, 3.63) is 23.2 Å². The molecule has 0 aliphatic heterocycles. The minimum atomic E-state index is -0.311. The second-order valence-corrected chi connectivity index (χ2v) is 1.93. The van der Waals surface area contributed by atoms with Gasteiger partial charge in [-0.1, -0.05) is 0 Å². The summed E-state index contributed by atoms with van der Waals surface area (Å²) in [5.74, 6) is 0.179. The molecule has 0 aliphatic carbocycles. The van der Waals surface area contributed by atoms with Crippen LogP contribution in [0.2, 0.25) is 0 Å². The van der Waals surface area contributed by atoms with E-state index in [2.05, 4.69) is 0 Å². The molecular formula is C7H6O4. The summed E-state index contributed by atoms with van der Waals surface area (Å²) in [6, 6.07) is 1.33. The van der Waals surface area contributed by atoms with E-state index in [9.17, 15) is 9.59 Å². The second-order valence-electron chi connectivity index (χ2n) is 1.93. The molecular weight excluding hydrogens is 148 g/mol. The topological polar surface area (TPSA) is 67.5 Å². The fourth-order valence-corrected chi connectivity index (χ4v) is 0.736. The molecule has 0 aliphatic rings. The average Bonchev–Trinajstić information content (AvgIpc) is 2.46. The van der Waals surface area contributed by atoms with Crippen LogP contribution in [0.5, 0.6) is 0 Å². The molecule has 1 aromatic rings. The maximum Gasteiger partial charge on any atom is 0.186 e. The van der Waals surface area contributed by atoms with Crippen LogP contribution < -0.4 is 0 Å². The van der Waals surface area contributed by atoms with Crippen LogP contribution in [-0.4, -0.2) is 17.7 Å². The maximum absolute atomic E-state index is 10.2. The summed E-state index contributed by atoms with van der Waals surface area (Å²) in [5.41, 5.74) is 0.170. The largest absolute Gasteiger partial charge is 0.455 e. The molecule has 0 radical (unpaired) electrons. The van der Waals surface area contributed by atoms with Crippen LogP contribution in [0.4, 0.5) is 0 Å². The molecule has 0 spiro atoms. The molecule has 1 heterocycles. The monoisotopic (exact) mass is 154 g/mol. The molecule has 0 saturated carbocycles. The number of aliphatic hydroxyl groups is 1. The summed E-state index contributed by atoms with van der Waals surface area (Å²) in [4.78, 5) is 20.4. The van der Waals surface area contributed by atoms with Gasteiger partial charge in [-0.2, -0.15) is 0 Å². The van der Waals surface area contributed by atoms with Gasteiger partial charge < -0.3 is 9.52 Å². The van der Waals surface area contributed by atoms with E-state index in [1.54, 1.807) is 0 Å². The number of aldehydes is 2. The fraction of sp³-hybridized carbons (Fsp3) is 0.143. The molecule has 4 heteroatoms. The predicted molar refractivity (Wildman–Crippen MR) is 35.4 cm³/mol. The molecule has 1 N–H and O–H groups in total. The Morgan fingerprint density at radius 1 is 1.45 bits per heavy atom. The number of aliphatic hydroxyl groups excluding tert-OH is 1. The summed E-state index contributed by atoms with van der Waals surface area (Å²) in [6.45, 7) is -0.311. The molecule has 0 saturated heterocycles. The van der Waals surface area contributed by atoms with E-state index in [4.69, 9.17) is 9.52 Å². The van der Waals surface area contributed by atoms with Crippen molar-refractivity contribution in [3.8, 4) is 0 Å². The first-order chi connectivity index (χ1) is 5.31. The summed E-state index contributed by atoms with van der Waals surface area (Å²) < 4.78 is 4.75. The molecule has 0 aromatic carbocycles. The third kappa shape index (κ3) is 1.35. The van der Waals surface area contributed by atoms with Gasteiger partial charge >= 0.3 is 0 Å². The van der Waals surface area contributed by atoms with Crippen LogP contribution >= 0.6 is 0 Å². The third-order valence-corrected chi connectivity index (χ3v) is 1.23. The highest BCUT2D eigenvalue weighted by Crippen LogP contribution is 2.11. The van der Waals surface area contributed by atoms with Crippen LogP contribution in [-0.2, 0) is 6.61 Å². The van der Waals surface area contributed by atoms with Crippen LogP contribution in [0.1, 0.15) is 26.7 Å². The maximum atomic E-state index is 10.2. The molecule has 1 aromatic heterocycles. The van der Waals surface area contributed by atoms with Gasteiger partial charge in [0.1, 0.15) is 12.4 Å².